The number of ether oxygens (including phenoxy) is 1. The van der Waals surface area contributed by atoms with Gasteiger partial charge in [0, 0.05) is 30.1 Å². The Labute approximate surface area is 289 Å². The van der Waals surface area contributed by atoms with Gasteiger partial charge >= 0.3 is 6.09 Å². The summed E-state index contributed by atoms with van der Waals surface area (Å²) in [6.45, 7) is 9.13. The number of hydrogen-bond acceptors (Lipinski definition) is 8. The molecule has 3 N–H and O–H groups in total. The molecule has 0 spiro atoms. The minimum Gasteiger partial charge on any atom is -0.444 e. The molecular formula is C35H41F2N5O7S. The van der Waals surface area contributed by atoms with E-state index in [1.54, 1.807) is 12.1 Å². The minimum atomic E-state index is -3.92. The molecule has 0 bridgehead atoms. The van der Waals surface area contributed by atoms with E-state index in [4.69, 9.17) is 4.74 Å². The van der Waals surface area contributed by atoms with Crippen molar-refractivity contribution in [3.05, 3.63) is 77.9 Å². The number of hydrogen-bond donors (Lipinski definition) is 3. The second-order valence-electron chi connectivity index (χ2n) is 14.6. The van der Waals surface area contributed by atoms with Crippen LogP contribution in [0.4, 0.5) is 19.3 Å². The number of carbonyl (C=O) groups excluding carboxylic acids is 4. The number of nitrogens with one attached hydrogen (secondary N) is 3. The van der Waals surface area contributed by atoms with Crippen molar-refractivity contribution in [1.29, 1.82) is 0 Å². The molecule has 1 saturated heterocycles. The highest BCUT2D eigenvalue weighted by Gasteiger charge is 2.62. The second kappa shape index (κ2) is 13.0. The van der Waals surface area contributed by atoms with Crippen LogP contribution in [0.25, 0.3) is 0 Å². The Hall–Kier alpha value is -4.53. The number of rotatable bonds is 10. The summed E-state index contributed by atoms with van der Waals surface area (Å²) in [5, 5.41) is 5.21. The van der Waals surface area contributed by atoms with Crippen molar-refractivity contribution in [3.63, 3.8) is 0 Å². The lowest BCUT2D eigenvalue weighted by molar-refractivity contribution is -0.141. The fourth-order valence-electron chi connectivity index (χ4n) is 6.65. The lowest BCUT2D eigenvalue weighted by atomic mass is 9.85. The van der Waals surface area contributed by atoms with Crippen LogP contribution in [0.2, 0.25) is 0 Å². The third kappa shape index (κ3) is 7.05. The first kappa shape index (κ1) is 35.3. The predicted octanol–water partition coefficient (Wildman–Crippen LogP) is 3.58. The van der Waals surface area contributed by atoms with Gasteiger partial charge in [0.15, 0.2) is 0 Å². The monoisotopic (exact) mass is 713 g/mol. The Morgan fingerprint density at radius 1 is 1.06 bits per heavy atom. The molecule has 0 aromatic heterocycles. The summed E-state index contributed by atoms with van der Waals surface area (Å²) in [6, 6.07) is 7.90. The van der Waals surface area contributed by atoms with Crippen LogP contribution in [0.1, 0.15) is 57.6 Å². The molecule has 4 amide bonds. The lowest BCUT2D eigenvalue weighted by Gasteiger charge is -2.36. The number of amides is 4. The third-order valence-corrected chi connectivity index (χ3v) is 11.6. The molecule has 2 aliphatic heterocycles. The fraction of sp³-hybridized carbons (Fsp3) is 0.486. The largest absolute Gasteiger partial charge is 0.444 e. The first-order valence-corrected chi connectivity index (χ1v) is 18.1. The normalized spacial score (nSPS) is 24.9. The smallest absolute Gasteiger partial charge is 0.410 e. The van der Waals surface area contributed by atoms with E-state index in [0.717, 1.165) is 0 Å². The predicted molar refractivity (Wildman–Crippen MR) is 179 cm³/mol. The number of sulfonamides is 1. The van der Waals surface area contributed by atoms with Crippen molar-refractivity contribution >= 4 is 39.5 Å². The van der Waals surface area contributed by atoms with Gasteiger partial charge in [0.25, 0.3) is 5.91 Å². The molecule has 3 fully saturated rings. The zero-order chi connectivity index (χ0) is 36.2. The molecule has 2 aromatic rings. The molecule has 2 aromatic carbocycles. The molecule has 5 atom stereocenters. The molecule has 6 rings (SSSR count). The Morgan fingerprint density at radius 2 is 1.76 bits per heavy atom. The molecule has 2 aliphatic carbocycles. The van der Waals surface area contributed by atoms with Crippen molar-refractivity contribution in [3.8, 4) is 0 Å². The molecule has 15 heteroatoms. The number of nitrogens with zero attached hydrogens (tertiary/aromatic N) is 2. The third-order valence-electron chi connectivity index (χ3n) is 9.82. The maximum absolute atomic E-state index is 14.4. The van der Waals surface area contributed by atoms with Gasteiger partial charge < -0.3 is 20.3 Å². The van der Waals surface area contributed by atoms with Crippen molar-refractivity contribution in [1.82, 2.24) is 19.8 Å². The number of benzene rings is 2. The topological polar surface area (TPSA) is 154 Å². The molecule has 5 unspecified atom stereocenters. The molecule has 2 saturated carbocycles. The summed E-state index contributed by atoms with van der Waals surface area (Å²) >= 11 is 0. The van der Waals surface area contributed by atoms with E-state index in [9.17, 15) is 36.4 Å². The molecule has 2 heterocycles. The van der Waals surface area contributed by atoms with Crippen LogP contribution < -0.4 is 15.4 Å². The number of halogens is 2. The standard InChI is InChI=1S/C35H41F2N5O7S/c1-5-21-16-35(21,32(45)40-50(47,48)25-13-14-25)39-30(43)28-15-24(49-33(46)41-17-20-7-6-8-27(37)26(20)19-41)18-42(28)31(44)29(34(2,3)4)38-23-11-9-22(36)10-12-23/h5-12,21,24-25,28-29,38H,1,13-19H2,2-4H3,(H,39,43)(H,40,45). The van der Waals surface area contributed by atoms with Crippen LogP contribution >= 0.6 is 0 Å². The van der Waals surface area contributed by atoms with E-state index in [1.165, 1.54) is 46.2 Å². The van der Waals surface area contributed by atoms with Gasteiger partial charge in [-0.25, -0.2) is 22.0 Å². The van der Waals surface area contributed by atoms with Crippen LogP contribution in [0.5, 0.6) is 0 Å². The second-order valence-corrected chi connectivity index (χ2v) is 16.6. The summed E-state index contributed by atoms with van der Waals surface area (Å²) in [4.78, 5) is 57.8. The lowest BCUT2D eigenvalue weighted by Crippen LogP contribution is -2.58. The highest BCUT2D eigenvalue weighted by molar-refractivity contribution is 7.91. The van der Waals surface area contributed by atoms with Crippen molar-refractivity contribution in [2.75, 3.05) is 11.9 Å². The Balaban J connectivity index is 1.24. The maximum atomic E-state index is 14.4. The average molecular weight is 714 g/mol. The van der Waals surface area contributed by atoms with E-state index in [1.807, 2.05) is 20.8 Å². The Morgan fingerprint density at radius 3 is 2.36 bits per heavy atom. The summed E-state index contributed by atoms with van der Waals surface area (Å²) in [5.74, 6) is -3.57. The zero-order valence-electron chi connectivity index (χ0n) is 28.1. The van der Waals surface area contributed by atoms with Crippen LogP contribution in [0.3, 0.4) is 0 Å². The Bertz CT molecular complexity index is 1830. The van der Waals surface area contributed by atoms with Crippen LogP contribution in [0, 0.1) is 23.0 Å². The molecule has 12 nitrogen and oxygen atoms in total. The highest BCUT2D eigenvalue weighted by Crippen LogP contribution is 2.45. The van der Waals surface area contributed by atoms with E-state index >= 15 is 0 Å². The molecular weight excluding hydrogens is 672 g/mol. The number of fused-ring (bicyclic) bond motifs is 1. The van der Waals surface area contributed by atoms with Gasteiger partial charge in [-0.2, -0.15) is 0 Å². The first-order valence-electron chi connectivity index (χ1n) is 16.6. The fourth-order valence-corrected chi connectivity index (χ4v) is 8.01. The van der Waals surface area contributed by atoms with Gasteiger partial charge in [-0.05, 0) is 60.6 Å². The van der Waals surface area contributed by atoms with E-state index in [0.29, 0.717) is 29.7 Å². The molecule has 4 aliphatic rings. The van der Waals surface area contributed by atoms with Gasteiger partial charge in [-0.15, -0.1) is 6.58 Å². The van der Waals surface area contributed by atoms with Gasteiger partial charge in [-0.3, -0.25) is 24.0 Å². The first-order chi connectivity index (χ1) is 23.5. The number of likely N-dealkylation sites (tertiary alicyclic amines) is 1. The SMILES string of the molecule is C=CC1CC1(NC(=O)C1CC(OC(=O)N2Cc3cccc(F)c3C2)CN1C(=O)C(Nc1ccc(F)cc1)C(C)(C)C)C(=O)NS(=O)(=O)C1CC1. The quantitative estimate of drug-likeness (QED) is 0.316. The van der Waals surface area contributed by atoms with E-state index in [2.05, 4.69) is 21.9 Å². The van der Waals surface area contributed by atoms with Crippen molar-refractivity contribution in [2.24, 2.45) is 11.3 Å². The summed E-state index contributed by atoms with van der Waals surface area (Å²) < 4.78 is 61.2. The maximum Gasteiger partial charge on any atom is 0.410 e. The van der Waals surface area contributed by atoms with Crippen LogP contribution in [0.15, 0.2) is 55.1 Å². The molecule has 268 valence electrons. The van der Waals surface area contributed by atoms with Gasteiger partial charge in [0.2, 0.25) is 21.8 Å². The van der Waals surface area contributed by atoms with Crippen LogP contribution in [-0.4, -0.2) is 77.6 Å². The summed E-state index contributed by atoms with van der Waals surface area (Å²) in [5.41, 5.74) is -0.821. The van der Waals surface area contributed by atoms with Gasteiger partial charge in [0.1, 0.15) is 35.4 Å². The highest BCUT2D eigenvalue weighted by atomic mass is 32.2. The van der Waals surface area contributed by atoms with Gasteiger partial charge in [-0.1, -0.05) is 39.0 Å². The van der Waals surface area contributed by atoms with E-state index < -0.39 is 85.8 Å². The average Bonchev–Trinajstić information content (AvgIpc) is 3.94. The van der Waals surface area contributed by atoms with Gasteiger partial charge in [0.05, 0.1) is 18.3 Å². The molecule has 50 heavy (non-hydrogen) atoms. The number of carbonyl (C=O) groups is 4. The molecule has 0 radical (unpaired) electrons. The number of anilines is 1. The zero-order valence-corrected chi connectivity index (χ0v) is 28.9. The Kier molecular flexibility index (Phi) is 9.16. The summed E-state index contributed by atoms with van der Waals surface area (Å²) in [7, 11) is -3.92. The van der Waals surface area contributed by atoms with E-state index in [-0.39, 0.29) is 32.5 Å². The van der Waals surface area contributed by atoms with Crippen molar-refractivity contribution < 1.29 is 41.1 Å². The van der Waals surface area contributed by atoms with Crippen LogP contribution in [-0.2, 0) is 42.2 Å². The summed E-state index contributed by atoms with van der Waals surface area (Å²) in [6.07, 6.45) is 0.628. The minimum absolute atomic E-state index is 0.00184. The van der Waals surface area contributed by atoms with Crippen molar-refractivity contribution in [2.45, 2.75) is 88.5 Å².